The summed E-state index contributed by atoms with van der Waals surface area (Å²) in [5, 5.41) is 3.29. The molecular weight excluding hydrogens is 162 g/mol. The molecule has 68 valence electrons. The molecule has 13 heavy (non-hydrogen) atoms. The predicted molar refractivity (Wildman–Crippen MR) is 52.2 cm³/mol. The first-order valence-electron chi connectivity index (χ1n) is 4.49. The molecule has 3 heteroatoms. The van der Waals surface area contributed by atoms with Crippen molar-refractivity contribution in [3.63, 3.8) is 0 Å². The summed E-state index contributed by atoms with van der Waals surface area (Å²) >= 11 is 0. The Kier molecular flexibility index (Phi) is 2.10. The average molecular weight is 175 g/mol. The molecule has 0 aromatic carbocycles. The lowest BCUT2D eigenvalue weighted by atomic mass is 10.1. The number of rotatable bonds is 1. The highest BCUT2D eigenvalue weighted by atomic mass is 15.0. The second-order valence-electron chi connectivity index (χ2n) is 3.37. The fourth-order valence-corrected chi connectivity index (χ4v) is 1.44. The van der Waals surface area contributed by atoms with Crippen molar-refractivity contribution in [2.75, 3.05) is 6.54 Å². The smallest absolute Gasteiger partial charge is 0.154 e. The SMILES string of the molecule is C=C(C)c1ncc2c(n1)CNCC2. The van der Waals surface area contributed by atoms with Gasteiger partial charge in [0.1, 0.15) is 0 Å². The third-order valence-corrected chi connectivity index (χ3v) is 2.20. The Morgan fingerprint density at radius 3 is 3.23 bits per heavy atom. The van der Waals surface area contributed by atoms with Crippen molar-refractivity contribution in [3.05, 3.63) is 29.9 Å². The van der Waals surface area contributed by atoms with E-state index in [9.17, 15) is 0 Å². The number of allylic oxidation sites excluding steroid dienone is 1. The lowest BCUT2D eigenvalue weighted by Gasteiger charge is -2.15. The van der Waals surface area contributed by atoms with E-state index >= 15 is 0 Å². The van der Waals surface area contributed by atoms with E-state index in [-0.39, 0.29) is 0 Å². The van der Waals surface area contributed by atoms with Crippen molar-refractivity contribution in [3.8, 4) is 0 Å². The van der Waals surface area contributed by atoms with Crippen LogP contribution < -0.4 is 5.32 Å². The van der Waals surface area contributed by atoms with Gasteiger partial charge in [-0.1, -0.05) is 6.58 Å². The van der Waals surface area contributed by atoms with E-state index in [0.29, 0.717) is 0 Å². The fraction of sp³-hybridized carbons (Fsp3) is 0.400. The molecule has 0 amide bonds. The first-order valence-corrected chi connectivity index (χ1v) is 4.49. The standard InChI is InChI=1S/C10H13N3/c1-7(2)10-12-5-8-3-4-11-6-9(8)13-10/h5,11H,1,3-4,6H2,2H3. The Morgan fingerprint density at radius 1 is 1.62 bits per heavy atom. The van der Waals surface area contributed by atoms with Gasteiger partial charge in [-0.25, -0.2) is 9.97 Å². The number of nitrogens with one attached hydrogen (secondary N) is 1. The Balaban J connectivity index is 2.40. The second kappa shape index (κ2) is 3.26. The molecule has 0 unspecified atom stereocenters. The van der Waals surface area contributed by atoms with Crippen LogP contribution >= 0.6 is 0 Å². The summed E-state index contributed by atoms with van der Waals surface area (Å²) < 4.78 is 0. The van der Waals surface area contributed by atoms with E-state index in [1.165, 1.54) is 5.56 Å². The van der Waals surface area contributed by atoms with Gasteiger partial charge in [-0.3, -0.25) is 0 Å². The van der Waals surface area contributed by atoms with Crippen molar-refractivity contribution in [1.29, 1.82) is 0 Å². The number of aromatic nitrogens is 2. The van der Waals surface area contributed by atoms with Crippen molar-refractivity contribution < 1.29 is 0 Å². The van der Waals surface area contributed by atoms with Crippen molar-refractivity contribution in [2.45, 2.75) is 19.9 Å². The van der Waals surface area contributed by atoms with Crippen LogP contribution in [0.3, 0.4) is 0 Å². The highest BCUT2D eigenvalue weighted by Gasteiger charge is 2.11. The number of fused-ring (bicyclic) bond motifs is 1. The predicted octanol–water partition coefficient (Wildman–Crippen LogP) is 1.16. The molecule has 1 N–H and O–H groups in total. The third kappa shape index (κ3) is 1.60. The maximum atomic E-state index is 4.44. The van der Waals surface area contributed by atoms with E-state index in [4.69, 9.17) is 0 Å². The highest BCUT2D eigenvalue weighted by molar-refractivity contribution is 5.54. The summed E-state index contributed by atoms with van der Waals surface area (Å²) in [6.45, 7) is 7.65. The minimum atomic E-state index is 0.766. The molecule has 2 rings (SSSR count). The number of hydrogen-bond donors (Lipinski definition) is 1. The Hall–Kier alpha value is -1.22. The number of hydrogen-bond acceptors (Lipinski definition) is 3. The van der Waals surface area contributed by atoms with Crippen LogP contribution in [0.2, 0.25) is 0 Å². The van der Waals surface area contributed by atoms with Gasteiger partial charge in [0.05, 0.1) is 5.69 Å². The van der Waals surface area contributed by atoms with Gasteiger partial charge in [-0.05, 0) is 31.0 Å². The van der Waals surface area contributed by atoms with Crippen molar-refractivity contribution in [2.24, 2.45) is 0 Å². The molecule has 0 aliphatic carbocycles. The van der Waals surface area contributed by atoms with Gasteiger partial charge in [-0.2, -0.15) is 0 Å². The summed E-state index contributed by atoms with van der Waals surface area (Å²) in [4.78, 5) is 8.69. The molecule has 0 saturated heterocycles. The van der Waals surface area contributed by atoms with Gasteiger partial charge in [0.25, 0.3) is 0 Å². The first kappa shape index (κ1) is 8.38. The normalized spacial score (nSPS) is 15.2. The Labute approximate surface area is 77.9 Å². The average Bonchev–Trinajstić information content (AvgIpc) is 2.17. The molecule has 0 radical (unpaired) electrons. The van der Waals surface area contributed by atoms with Gasteiger partial charge in [0.2, 0.25) is 0 Å². The van der Waals surface area contributed by atoms with Crippen LogP contribution in [0.25, 0.3) is 5.57 Å². The lowest BCUT2D eigenvalue weighted by molar-refractivity contribution is 0.621. The lowest BCUT2D eigenvalue weighted by Crippen LogP contribution is -2.25. The van der Waals surface area contributed by atoms with E-state index in [2.05, 4.69) is 21.9 Å². The van der Waals surface area contributed by atoms with Gasteiger partial charge < -0.3 is 5.32 Å². The maximum Gasteiger partial charge on any atom is 0.154 e. The second-order valence-corrected chi connectivity index (χ2v) is 3.37. The Bertz CT molecular complexity index is 344. The molecule has 0 bridgehead atoms. The molecule has 2 heterocycles. The summed E-state index contributed by atoms with van der Waals surface area (Å²) in [6, 6.07) is 0. The maximum absolute atomic E-state index is 4.44. The molecule has 1 aromatic rings. The Morgan fingerprint density at radius 2 is 2.46 bits per heavy atom. The first-order chi connectivity index (χ1) is 6.27. The molecular formula is C10H13N3. The summed E-state index contributed by atoms with van der Waals surface area (Å²) in [5.41, 5.74) is 3.32. The van der Waals surface area contributed by atoms with Crippen molar-refractivity contribution >= 4 is 5.57 Å². The van der Waals surface area contributed by atoms with E-state index in [0.717, 1.165) is 36.6 Å². The minimum absolute atomic E-state index is 0.766. The molecule has 0 spiro atoms. The monoisotopic (exact) mass is 175 g/mol. The fourth-order valence-electron chi connectivity index (χ4n) is 1.44. The quantitative estimate of drug-likeness (QED) is 0.696. The van der Waals surface area contributed by atoms with E-state index in [1.54, 1.807) is 0 Å². The third-order valence-electron chi connectivity index (χ3n) is 2.20. The molecule has 1 aliphatic rings. The van der Waals surface area contributed by atoms with Gasteiger partial charge in [0.15, 0.2) is 5.82 Å². The zero-order valence-corrected chi connectivity index (χ0v) is 7.80. The van der Waals surface area contributed by atoms with E-state index in [1.807, 2.05) is 13.1 Å². The molecule has 1 aliphatic heterocycles. The largest absolute Gasteiger partial charge is 0.311 e. The summed E-state index contributed by atoms with van der Waals surface area (Å²) in [6.07, 6.45) is 2.96. The van der Waals surface area contributed by atoms with Crippen LogP contribution in [0.15, 0.2) is 12.8 Å². The van der Waals surface area contributed by atoms with Crippen LogP contribution in [0.5, 0.6) is 0 Å². The summed E-state index contributed by atoms with van der Waals surface area (Å²) in [5.74, 6) is 0.766. The van der Waals surface area contributed by atoms with Crippen LogP contribution in [0.1, 0.15) is 24.0 Å². The molecule has 1 aromatic heterocycles. The van der Waals surface area contributed by atoms with E-state index < -0.39 is 0 Å². The van der Waals surface area contributed by atoms with Gasteiger partial charge >= 0.3 is 0 Å². The van der Waals surface area contributed by atoms with Crippen LogP contribution in [-0.4, -0.2) is 16.5 Å². The highest BCUT2D eigenvalue weighted by Crippen LogP contribution is 2.12. The minimum Gasteiger partial charge on any atom is -0.311 e. The topological polar surface area (TPSA) is 37.8 Å². The van der Waals surface area contributed by atoms with Gasteiger partial charge in [0, 0.05) is 12.7 Å². The van der Waals surface area contributed by atoms with Gasteiger partial charge in [-0.15, -0.1) is 0 Å². The zero-order chi connectivity index (χ0) is 9.26. The van der Waals surface area contributed by atoms with Crippen LogP contribution in [-0.2, 0) is 13.0 Å². The zero-order valence-electron chi connectivity index (χ0n) is 7.80. The van der Waals surface area contributed by atoms with Crippen LogP contribution in [0.4, 0.5) is 0 Å². The molecule has 3 nitrogen and oxygen atoms in total. The van der Waals surface area contributed by atoms with Crippen LogP contribution in [0, 0.1) is 0 Å². The number of nitrogens with zero attached hydrogens (tertiary/aromatic N) is 2. The van der Waals surface area contributed by atoms with Crippen molar-refractivity contribution in [1.82, 2.24) is 15.3 Å². The molecule has 0 atom stereocenters. The molecule has 0 fully saturated rings. The summed E-state index contributed by atoms with van der Waals surface area (Å²) in [7, 11) is 0. The molecule has 0 saturated carbocycles.